The summed E-state index contributed by atoms with van der Waals surface area (Å²) in [5, 5.41) is 3.52. The molecular weight excluding hydrogens is 405 g/mol. The second kappa shape index (κ2) is 7.97. The standard InChI is InChI=1S/C19H25F3N4O2S/c1-18(2,3)28-17(27)25-11-5-6-12(7-11)26(4)15-14-8-13(9-19(20,21)22)29-16(14)24-10-23-15/h8,10-12H,5-7,9H2,1-4H3,(H,25,27). The van der Waals surface area contributed by atoms with Gasteiger partial charge in [0.05, 0.1) is 11.8 Å². The SMILES string of the molecule is CN(c1ncnc2sc(CC(F)(F)F)cc12)C1CCC(NC(=O)OC(C)(C)C)C1. The Morgan fingerprint density at radius 2 is 2.03 bits per heavy atom. The number of fused-ring (bicyclic) bond motifs is 1. The molecule has 1 aliphatic carbocycles. The monoisotopic (exact) mass is 430 g/mol. The van der Waals surface area contributed by atoms with Crippen LogP contribution < -0.4 is 10.2 Å². The number of ether oxygens (including phenoxy) is 1. The minimum absolute atomic E-state index is 0.0158. The van der Waals surface area contributed by atoms with Crippen molar-refractivity contribution in [2.45, 2.75) is 70.3 Å². The minimum atomic E-state index is -4.26. The molecule has 29 heavy (non-hydrogen) atoms. The first-order valence-electron chi connectivity index (χ1n) is 9.44. The van der Waals surface area contributed by atoms with Gasteiger partial charge in [0.2, 0.25) is 0 Å². The molecule has 2 aromatic heterocycles. The van der Waals surface area contributed by atoms with Gasteiger partial charge in [0, 0.05) is 24.0 Å². The highest BCUT2D eigenvalue weighted by molar-refractivity contribution is 7.18. The number of anilines is 1. The molecule has 1 fully saturated rings. The van der Waals surface area contributed by atoms with Crippen LogP contribution in [0.25, 0.3) is 10.2 Å². The molecule has 0 spiro atoms. The molecule has 6 nitrogen and oxygen atoms in total. The summed E-state index contributed by atoms with van der Waals surface area (Å²) in [5.74, 6) is 0.614. The number of nitrogens with zero attached hydrogens (tertiary/aromatic N) is 3. The van der Waals surface area contributed by atoms with Gasteiger partial charge in [-0.1, -0.05) is 0 Å². The van der Waals surface area contributed by atoms with E-state index < -0.39 is 24.3 Å². The van der Waals surface area contributed by atoms with E-state index in [9.17, 15) is 18.0 Å². The lowest BCUT2D eigenvalue weighted by Gasteiger charge is -2.26. The number of hydrogen-bond acceptors (Lipinski definition) is 6. The van der Waals surface area contributed by atoms with E-state index in [0.717, 1.165) is 24.2 Å². The van der Waals surface area contributed by atoms with Crippen LogP contribution in [0.3, 0.4) is 0 Å². The molecule has 0 aliphatic heterocycles. The quantitative estimate of drug-likeness (QED) is 0.763. The van der Waals surface area contributed by atoms with Crippen LogP contribution in [0.1, 0.15) is 44.9 Å². The van der Waals surface area contributed by atoms with E-state index >= 15 is 0 Å². The Kier molecular flexibility index (Phi) is 5.93. The van der Waals surface area contributed by atoms with Crippen molar-refractivity contribution < 1.29 is 22.7 Å². The molecular formula is C19H25F3N4O2S. The Labute approximate surface area is 171 Å². The van der Waals surface area contributed by atoms with Gasteiger partial charge in [0.25, 0.3) is 0 Å². The van der Waals surface area contributed by atoms with Crippen LogP contribution in [0.15, 0.2) is 12.4 Å². The van der Waals surface area contributed by atoms with Crippen LogP contribution in [-0.4, -0.2) is 47.0 Å². The lowest BCUT2D eigenvalue weighted by atomic mass is 10.2. The maximum atomic E-state index is 12.7. The van der Waals surface area contributed by atoms with Crippen LogP contribution >= 0.6 is 11.3 Å². The number of thiophene rings is 1. The van der Waals surface area contributed by atoms with Crippen LogP contribution in [0.5, 0.6) is 0 Å². The van der Waals surface area contributed by atoms with Gasteiger partial charge in [-0.25, -0.2) is 14.8 Å². The summed E-state index contributed by atoms with van der Waals surface area (Å²) in [7, 11) is 1.88. The molecule has 1 N–H and O–H groups in total. The third-order valence-electron chi connectivity index (χ3n) is 4.74. The first-order chi connectivity index (χ1) is 13.4. The summed E-state index contributed by atoms with van der Waals surface area (Å²) in [6.45, 7) is 5.43. The molecule has 0 aromatic carbocycles. The Balaban J connectivity index is 1.70. The molecule has 1 amide bonds. The summed E-state index contributed by atoms with van der Waals surface area (Å²) < 4.78 is 43.5. The van der Waals surface area contributed by atoms with Crippen molar-refractivity contribution in [3.8, 4) is 0 Å². The van der Waals surface area contributed by atoms with E-state index in [-0.39, 0.29) is 17.0 Å². The zero-order valence-corrected chi connectivity index (χ0v) is 17.7. The number of rotatable bonds is 4. The second-order valence-corrected chi connectivity index (χ2v) is 9.46. The van der Waals surface area contributed by atoms with Gasteiger partial charge in [-0.15, -0.1) is 11.3 Å². The molecule has 160 valence electrons. The third-order valence-corrected chi connectivity index (χ3v) is 5.78. The highest BCUT2D eigenvalue weighted by Crippen LogP contribution is 2.35. The molecule has 1 aliphatic rings. The van der Waals surface area contributed by atoms with Crippen LogP contribution in [0, 0.1) is 0 Å². The third kappa shape index (κ3) is 5.71. The molecule has 10 heteroatoms. The van der Waals surface area contributed by atoms with Gasteiger partial charge in [0.1, 0.15) is 22.6 Å². The lowest BCUT2D eigenvalue weighted by molar-refractivity contribution is -0.126. The molecule has 2 unspecified atom stereocenters. The summed E-state index contributed by atoms with van der Waals surface area (Å²) in [6, 6.07) is 1.63. The highest BCUT2D eigenvalue weighted by Gasteiger charge is 2.32. The van der Waals surface area contributed by atoms with Crippen LogP contribution in [0.2, 0.25) is 0 Å². The van der Waals surface area contributed by atoms with Crippen LogP contribution in [-0.2, 0) is 11.2 Å². The zero-order chi connectivity index (χ0) is 21.4. The van der Waals surface area contributed by atoms with E-state index in [2.05, 4.69) is 15.3 Å². The van der Waals surface area contributed by atoms with Gasteiger partial charge in [-0.05, 0) is 46.1 Å². The van der Waals surface area contributed by atoms with Crippen molar-refractivity contribution in [2.24, 2.45) is 0 Å². The summed E-state index contributed by atoms with van der Waals surface area (Å²) in [6.07, 6.45) is -1.94. The fraction of sp³-hybridized carbons (Fsp3) is 0.632. The minimum Gasteiger partial charge on any atom is -0.444 e. The van der Waals surface area contributed by atoms with E-state index in [1.807, 2.05) is 32.7 Å². The average Bonchev–Trinajstić information content (AvgIpc) is 3.16. The predicted molar refractivity (Wildman–Crippen MR) is 106 cm³/mol. The number of carbonyl (C=O) groups excluding carboxylic acids is 1. The topological polar surface area (TPSA) is 67.4 Å². The van der Waals surface area contributed by atoms with E-state index in [0.29, 0.717) is 22.5 Å². The fourth-order valence-corrected chi connectivity index (χ4v) is 4.57. The van der Waals surface area contributed by atoms with Gasteiger partial charge < -0.3 is 15.0 Å². The average molecular weight is 430 g/mol. The maximum absolute atomic E-state index is 12.7. The van der Waals surface area contributed by atoms with E-state index in [1.54, 1.807) is 0 Å². The van der Waals surface area contributed by atoms with Crippen molar-refractivity contribution >= 4 is 33.5 Å². The first-order valence-corrected chi connectivity index (χ1v) is 10.3. The van der Waals surface area contributed by atoms with E-state index in [4.69, 9.17) is 4.74 Å². The number of halogens is 3. The number of nitrogens with one attached hydrogen (secondary N) is 1. The van der Waals surface area contributed by atoms with Crippen molar-refractivity contribution in [1.29, 1.82) is 0 Å². The van der Waals surface area contributed by atoms with Gasteiger partial charge in [-0.2, -0.15) is 13.2 Å². The number of carbonyl (C=O) groups is 1. The van der Waals surface area contributed by atoms with Gasteiger partial charge >= 0.3 is 12.3 Å². The van der Waals surface area contributed by atoms with Gasteiger partial charge in [0.15, 0.2) is 0 Å². The van der Waals surface area contributed by atoms with E-state index in [1.165, 1.54) is 12.4 Å². The van der Waals surface area contributed by atoms with Crippen molar-refractivity contribution in [2.75, 3.05) is 11.9 Å². The smallest absolute Gasteiger partial charge is 0.407 e. The number of alkyl carbamates (subject to hydrolysis) is 1. The number of amides is 1. The van der Waals surface area contributed by atoms with Crippen LogP contribution in [0.4, 0.5) is 23.8 Å². The molecule has 2 atom stereocenters. The molecule has 1 saturated carbocycles. The molecule has 3 rings (SSSR count). The van der Waals surface area contributed by atoms with Gasteiger partial charge in [-0.3, -0.25) is 0 Å². The molecule has 0 bridgehead atoms. The number of alkyl halides is 3. The second-order valence-electron chi connectivity index (χ2n) is 8.34. The normalized spacial score (nSPS) is 20.1. The Morgan fingerprint density at radius 3 is 2.69 bits per heavy atom. The lowest BCUT2D eigenvalue weighted by Crippen LogP contribution is -2.39. The molecule has 2 heterocycles. The van der Waals surface area contributed by atoms with Crippen molar-refractivity contribution in [3.05, 3.63) is 17.3 Å². The highest BCUT2D eigenvalue weighted by atomic mass is 32.1. The predicted octanol–water partition coefficient (Wildman–Crippen LogP) is 4.68. The molecule has 2 aromatic rings. The summed E-state index contributed by atoms with van der Waals surface area (Å²) in [4.78, 5) is 23.2. The Morgan fingerprint density at radius 1 is 1.31 bits per heavy atom. The number of aromatic nitrogens is 2. The summed E-state index contributed by atoms with van der Waals surface area (Å²) in [5.41, 5.74) is -0.557. The first kappa shape index (κ1) is 21.6. The molecule has 0 saturated heterocycles. The maximum Gasteiger partial charge on any atom is 0.407 e. The van der Waals surface area contributed by atoms with Crippen molar-refractivity contribution in [1.82, 2.24) is 15.3 Å². The summed E-state index contributed by atoms with van der Waals surface area (Å²) >= 11 is 1.04. The number of hydrogen-bond donors (Lipinski definition) is 1. The Bertz CT molecular complexity index is 878. The largest absolute Gasteiger partial charge is 0.444 e. The molecule has 0 radical (unpaired) electrons. The fourth-order valence-electron chi connectivity index (χ4n) is 3.55. The van der Waals surface area contributed by atoms with Crippen molar-refractivity contribution in [3.63, 3.8) is 0 Å². The Hall–Kier alpha value is -2.10. The zero-order valence-electron chi connectivity index (χ0n) is 16.8.